The van der Waals surface area contributed by atoms with E-state index >= 15 is 0 Å². The summed E-state index contributed by atoms with van der Waals surface area (Å²) in [5, 5.41) is 10.0. The van der Waals surface area contributed by atoms with Gasteiger partial charge in [0.2, 0.25) is 9.03 Å². The molecule has 2 heterocycles. The molecule has 1 aromatic heterocycles. The average molecular weight is 369 g/mol. The van der Waals surface area contributed by atoms with Crippen molar-refractivity contribution in [2.45, 2.75) is 24.9 Å². The summed E-state index contributed by atoms with van der Waals surface area (Å²) >= 11 is 0. The molecule has 0 spiro atoms. The Labute approximate surface area is 134 Å². The number of ether oxygens (including phenoxy) is 1. The summed E-state index contributed by atoms with van der Waals surface area (Å²) in [7, 11) is 0.528. The predicted octanol–water partition coefficient (Wildman–Crippen LogP) is 0.0337. The third-order valence-electron chi connectivity index (χ3n) is 2.85. The number of aromatic nitrogens is 2. The number of hydrogen-bond donors (Lipinski definition) is 2. The second kappa shape index (κ2) is 9.53. The van der Waals surface area contributed by atoms with Gasteiger partial charge in [-0.2, -0.15) is 19.0 Å². The fourth-order valence-corrected chi connectivity index (χ4v) is 2.61. The van der Waals surface area contributed by atoms with Crippen LogP contribution in [0, 0.1) is 0 Å². The summed E-state index contributed by atoms with van der Waals surface area (Å²) in [4.78, 5) is 19.6. The van der Waals surface area contributed by atoms with Crippen LogP contribution in [-0.2, 0) is 28.2 Å². The van der Waals surface area contributed by atoms with Crippen LogP contribution < -0.4 is 11.4 Å². The van der Waals surface area contributed by atoms with Gasteiger partial charge in [0, 0.05) is 12.6 Å². The first-order valence-corrected chi connectivity index (χ1v) is 8.07. The van der Waals surface area contributed by atoms with E-state index in [4.69, 9.17) is 15.0 Å². The minimum Gasteiger partial charge on any atom is -0.388 e. The summed E-state index contributed by atoms with van der Waals surface area (Å²) in [6.07, 6.45) is -0.350. The summed E-state index contributed by atoms with van der Waals surface area (Å²) in [6, 6.07) is 1.46. The number of hydrogen-bond acceptors (Lipinski definition) is 10. The zero-order valence-corrected chi connectivity index (χ0v) is 14.1. The number of aliphatic hydroxyl groups excluding tert-OH is 1. The molecule has 11 nitrogen and oxygen atoms in total. The molecule has 1 aliphatic rings. The molecule has 5 unspecified atom stereocenters. The van der Waals surface area contributed by atoms with E-state index in [2.05, 4.69) is 23.9 Å². The highest BCUT2D eigenvalue weighted by molar-refractivity contribution is 7.28. The molecule has 0 aromatic carbocycles. The SMILES string of the molecule is COOPOOPOCC1CC(O)C(n2ccc(N)nc2=O)O1. The van der Waals surface area contributed by atoms with Crippen LogP contribution >= 0.6 is 18.1 Å². The van der Waals surface area contributed by atoms with Crippen molar-refractivity contribution in [2.75, 3.05) is 19.5 Å². The van der Waals surface area contributed by atoms with E-state index in [-0.39, 0.29) is 12.4 Å². The first-order chi connectivity index (χ1) is 11.1. The lowest BCUT2D eigenvalue weighted by Crippen LogP contribution is -2.31. The smallest absolute Gasteiger partial charge is 0.351 e. The number of anilines is 1. The minimum atomic E-state index is -0.858. The van der Waals surface area contributed by atoms with E-state index in [0.717, 1.165) is 0 Å². The Kier molecular flexibility index (Phi) is 7.71. The number of nitrogens with two attached hydrogens (primary N) is 1. The molecule has 0 amide bonds. The Morgan fingerprint density at radius 1 is 1.48 bits per heavy atom. The Bertz CT molecular complexity index is 547. The van der Waals surface area contributed by atoms with E-state index in [9.17, 15) is 9.90 Å². The Balaban J connectivity index is 1.74. The average Bonchev–Trinajstić information content (AvgIpc) is 2.87. The van der Waals surface area contributed by atoms with Gasteiger partial charge in [-0.15, -0.1) is 0 Å². The van der Waals surface area contributed by atoms with Crippen LogP contribution in [-0.4, -0.2) is 40.6 Å². The van der Waals surface area contributed by atoms with Crippen molar-refractivity contribution in [3.8, 4) is 0 Å². The van der Waals surface area contributed by atoms with Crippen LogP contribution in [0.1, 0.15) is 12.6 Å². The third-order valence-corrected chi connectivity index (χ3v) is 3.83. The molecule has 13 heteroatoms. The largest absolute Gasteiger partial charge is 0.388 e. The van der Waals surface area contributed by atoms with Crippen molar-refractivity contribution in [2.24, 2.45) is 0 Å². The van der Waals surface area contributed by atoms with Crippen LogP contribution in [0.3, 0.4) is 0 Å². The van der Waals surface area contributed by atoms with Crippen molar-refractivity contribution < 1.29 is 33.3 Å². The lowest BCUT2D eigenvalue weighted by Gasteiger charge is -2.17. The molecule has 1 saturated heterocycles. The quantitative estimate of drug-likeness (QED) is 0.265. The highest BCUT2D eigenvalue weighted by Gasteiger charge is 2.36. The van der Waals surface area contributed by atoms with Crippen molar-refractivity contribution in [3.05, 3.63) is 22.7 Å². The first-order valence-electron chi connectivity index (χ1n) is 6.44. The minimum absolute atomic E-state index is 0.107. The number of rotatable bonds is 9. The van der Waals surface area contributed by atoms with Crippen molar-refractivity contribution in [1.82, 2.24) is 9.55 Å². The van der Waals surface area contributed by atoms with E-state index in [1.165, 1.54) is 23.9 Å². The zero-order valence-electron chi connectivity index (χ0n) is 12.1. The highest BCUT2D eigenvalue weighted by atomic mass is 31.1. The second-order valence-electron chi connectivity index (χ2n) is 4.39. The fourth-order valence-electron chi connectivity index (χ4n) is 1.94. The van der Waals surface area contributed by atoms with E-state index in [1.807, 2.05) is 0 Å². The monoisotopic (exact) mass is 369 g/mol. The molecule has 0 aliphatic carbocycles. The first kappa shape index (κ1) is 18.6. The van der Waals surface area contributed by atoms with Gasteiger partial charge in [0.05, 0.1) is 19.8 Å². The summed E-state index contributed by atoms with van der Waals surface area (Å²) < 4.78 is 25.7. The van der Waals surface area contributed by atoms with Gasteiger partial charge in [0.15, 0.2) is 15.3 Å². The lowest BCUT2D eigenvalue weighted by molar-refractivity contribution is -0.197. The lowest BCUT2D eigenvalue weighted by atomic mass is 10.2. The molecule has 2 rings (SSSR count). The Morgan fingerprint density at radius 3 is 3.00 bits per heavy atom. The van der Waals surface area contributed by atoms with Gasteiger partial charge >= 0.3 is 5.69 Å². The molecular formula is C10H17N3O8P2. The zero-order chi connectivity index (χ0) is 16.7. The van der Waals surface area contributed by atoms with E-state index < -0.39 is 42.2 Å². The van der Waals surface area contributed by atoms with Crippen LogP contribution in [0.15, 0.2) is 17.1 Å². The van der Waals surface area contributed by atoms with Gasteiger partial charge in [0.1, 0.15) is 11.9 Å². The molecule has 1 aromatic rings. The van der Waals surface area contributed by atoms with Gasteiger partial charge in [-0.05, 0) is 6.07 Å². The normalized spacial score (nSPS) is 25.2. The maximum absolute atomic E-state index is 11.8. The standard InChI is InChI=1S/C10H17N3O8P2/c1-16-19-23-21-20-22-17-5-6-4-7(14)9(18-6)13-3-2-8(11)12-10(13)15/h2-3,6-7,9,14,22-23H,4-5H2,1H3,(H2,11,12,15). The molecule has 3 N–H and O–H groups in total. The fraction of sp³-hybridized carbons (Fsp3) is 0.600. The van der Waals surface area contributed by atoms with Crippen molar-refractivity contribution in [1.29, 1.82) is 0 Å². The van der Waals surface area contributed by atoms with Gasteiger partial charge in [-0.25, -0.2) is 9.68 Å². The van der Waals surface area contributed by atoms with Crippen molar-refractivity contribution in [3.63, 3.8) is 0 Å². The highest BCUT2D eigenvalue weighted by Crippen LogP contribution is 2.30. The van der Waals surface area contributed by atoms with Crippen molar-refractivity contribution >= 4 is 23.9 Å². The predicted molar refractivity (Wildman–Crippen MR) is 80.3 cm³/mol. The Hall–Kier alpha value is -0.740. The van der Waals surface area contributed by atoms with Gasteiger partial charge < -0.3 is 20.1 Å². The molecule has 1 fully saturated rings. The van der Waals surface area contributed by atoms with Crippen LogP contribution in [0.4, 0.5) is 5.82 Å². The molecule has 0 saturated carbocycles. The number of nitrogen functional groups attached to an aromatic ring is 1. The number of aliphatic hydroxyl groups is 1. The second-order valence-corrected chi connectivity index (χ2v) is 5.51. The topological polar surface area (TPSA) is 137 Å². The van der Waals surface area contributed by atoms with Gasteiger partial charge in [0.25, 0.3) is 0 Å². The molecular weight excluding hydrogens is 352 g/mol. The summed E-state index contributed by atoms with van der Waals surface area (Å²) in [5.74, 6) is 0.107. The van der Waals surface area contributed by atoms with Crippen LogP contribution in [0.5, 0.6) is 0 Å². The maximum Gasteiger partial charge on any atom is 0.351 e. The third kappa shape index (κ3) is 5.68. The van der Waals surface area contributed by atoms with Gasteiger partial charge in [-0.3, -0.25) is 4.57 Å². The van der Waals surface area contributed by atoms with Crippen LogP contribution in [0.2, 0.25) is 0 Å². The molecule has 0 bridgehead atoms. The van der Waals surface area contributed by atoms with E-state index in [1.54, 1.807) is 0 Å². The molecule has 130 valence electrons. The molecule has 0 radical (unpaired) electrons. The summed E-state index contributed by atoms with van der Waals surface area (Å²) in [6.45, 7) is 0.167. The Morgan fingerprint density at radius 2 is 2.26 bits per heavy atom. The molecule has 23 heavy (non-hydrogen) atoms. The molecule has 5 atom stereocenters. The summed E-state index contributed by atoms with van der Waals surface area (Å²) in [5.41, 5.74) is 4.83. The number of nitrogens with zero attached hydrogens (tertiary/aromatic N) is 2. The van der Waals surface area contributed by atoms with E-state index in [0.29, 0.717) is 6.42 Å². The maximum atomic E-state index is 11.8. The van der Waals surface area contributed by atoms with Gasteiger partial charge in [-0.1, -0.05) is 0 Å². The molecule has 1 aliphatic heterocycles. The van der Waals surface area contributed by atoms with Crippen LogP contribution in [0.25, 0.3) is 0 Å².